The van der Waals surface area contributed by atoms with Crippen LogP contribution >= 0.6 is 0 Å². The average molecular weight is 478 g/mol. The van der Waals surface area contributed by atoms with Crippen LogP contribution in [0, 0.1) is 5.92 Å². The van der Waals surface area contributed by atoms with Crippen LogP contribution in [0.3, 0.4) is 0 Å². The van der Waals surface area contributed by atoms with Crippen molar-refractivity contribution in [1.82, 2.24) is 14.7 Å². The molecule has 0 N–H and O–H groups in total. The molecule has 0 bridgehead atoms. The highest BCUT2D eigenvalue weighted by Crippen LogP contribution is 2.47. The van der Waals surface area contributed by atoms with Gasteiger partial charge in [-0.25, -0.2) is 0 Å². The van der Waals surface area contributed by atoms with E-state index in [2.05, 4.69) is 78.3 Å². The smallest absolute Gasteiger partial charge is 0.210 e. The standard InChI is InChI=1S/C30H43N3O2/c1-31(2)30(27-11-6-5-7-12-27)19-17-29(18-20-30,33(24-34)22-25-9-8-10-25)23-32(3)21-26-13-15-28(35-4)16-14-26/h5-7,11-16,24-25H,8-10,17-23H2,1-4H3. The minimum Gasteiger partial charge on any atom is -0.497 e. The highest BCUT2D eigenvalue weighted by Gasteiger charge is 2.48. The van der Waals surface area contributed by atoms with Crippen LogP contribution in [0.4, 0.5) is 0 Å². The number of nitrogens with zero attached hydrogens (tertiary/aromatic N) is 3. The molecule has 2 fully saturated rings. The van der Waals surface area contributed by atoms with Crippen molar-refractivity contribution < 1.29 is 9.53 Å². The van der Waals surface area contributed by atoms with Gasteiger partial charge in [0.15, 0.2) is 0 Å². The lowest BCUT2D eigenvalue weighted by atomic mass is 9.67. The number of amides is 1. The van der Waals surface area contributed by atoms with Crippen LogP contribution < -0.4 is 4.74 Å². The predicted octanol–water partition coefficient (Wildman–Crippen LogP) is 5.16. The molecule has 2 aliphatic rings. The van der Waals surface area contributed by atoms with E-state index in [0.717, 1.165) is 57.5 Å². The number of benzene rings is 2. The summed E-state index contributed by atoms with van der Waals surface area (Å²) < 4.78 is 5.32. The maximum Gasteiger partial charge on any atom is 0.210 e. The summed E-state index contributed by atoms with van der Waals surface area (Å²) in [5.41, 5.74) is 2.54. The summed E-state index contributed by atoms with van der Waals surface area (Å²) in [7, 11) is 8.32. The third kappa shape index (κ3) is 5.57. The van der Waals surface area contributed by atoms with E-state index in [9.17, 15) is 4.79 Å². The third-order valence-electron chi connectivity index (χ3n) is 8.77. The van der Waals surface area contributed by atoms with Gasteiger partial charge >= 0.3 is 0 Å². The highest BCUT2D eigenvalue weighted by molar-refractivity contribution is 5.49. The third-order valence-corrected chi connectivity index (χ3v) is 8.77. The van der Waals surface area contributed by atoms with Crippen LogP contribution in [0.2, 0.25) is 0 Å². The summed E-state index contributed by atoms with van der Waals surface area (Å²) in [6.45, 7) is 2.66. The van der Waals surface area contributed by atoms with Crippen molar-refractivity contribution in [1.29, 1.82) is 0 Å². The second-order valence-corrected chi connectivity index (χ2v) is 11.1. The monoisotopic (exact) mass is 477 g/mol. The lowest BCUT2D eigenvalue weighted by Crippen LogP contribution is -2.60. The van der Waals surface area contributed by atoms with E-state index in [1.807, 2.05) is 12.1 Å². The summed E-state index contributed by atoms with van der Waals surface area (Å²) in [5.74, 6) is 1.55. The summed E-state index contributed by atoms with van der Waals surface area (Å²) >= 11 is 0. The molecule has 2 saturated carbocycles. The first kappa shape index (κ1) is 25.7. The Morgan fingerprint density at radius 3 is 2.11 bits per heavy atom. The molecule has 5 heteroatoms. The average Bonchev–Trinajstić information content (AvgIpc) is 2.85. The quantitative estimate of drug-likeness (QED) is 0.419. The van der Waals surface area contributed by atoms with Gasteiger partial charge < -0.3 is 9.64 Å². The van der Waals surface area contributed by atoms with E-state index in [4.69, 9.17) is 4.74 Å². The van der Waals surface area contributed by atoms with Gasteiger partial charge in [0.1, 0.15) is 5.75 Å². The molecule has 2 aromatic carbocycles. The van der Waals surface area contributed by atoms with E-state index in [0.29, 0.717) is 5.92 Å². The lowest BCUT2D eigenvalue weighted by Gasteiger charge is -2.54. The van der Waals surface area contributed by atoms with Gasteiger partial charge in [0.25, 0.3) is 0 Å². The number of carbonyl (C=O) groups excluding carboxylic acids is 1. The lowest BCUT2D eigenvalue weighted by molar-refractivity contribution is -0.130. The minimum atomic E-state index is -0.132. The molecule has 2 aliphatic carbocycles. The number of likely N-dealkylation sites (N-methyl/N-ethyl adjacent to an activating group) is 1. The van der Waals surface area contributed by atoms with Crippen LogP contribution in [0.1, 0.15) is 56.1 Å². The van der Waals surface area contributed by atoms with Gasteiger partial charge in [0, 0.05) is 25.2 Å². The SMILES string of the molecule is COc1ccc(CN(C)CC2(N(C=O)CC3CCC3)CCC(c3ccccc3)(N(C)C)CC2)cc1. The van der Waals surface area contributed by atoms with E-state index >= 15 is 0 Å². The molecule has 0 aliphatic heterocycles. The Bertz CT molecular complexity index is 932. The van der Waals surface area contributed by atoms with Crippen molar-refractivity contribution >= 4 is 6.41 Å². The maximum absolute atomic E-state index is 12.5. The fraction of sp³-hybridized carbons (Fsp3) is 0.567. The molecule has 0 radical (unpaired) electrons. The zero-order valence-electron chi connectivity index (χ0n) is 22.1. The van der Waals surface area contributed by atoms with Crippen LogP contribution in [0.15, 0.2) is 54.6 Å². The second kappa shape index (κ2) is 11.1. The van der Waals surface area contributed by atoms with Crippen LogP contribution in [-0.2, 0) is 16.9 Å². The number of rotatable bonds is 11. The van der Waals surface area contributed by atoms with Crippen LogP contribution in [-0.4, -0.2) is 68.0 Å². The van der Waals surface area contributed by atoms with E-state index in [-0.39, 0.29) is 11.1 Å². The van der Waals surface area contributed by atoms with Gasteiger partial charge in [-0.1, -0.05) is 48.9 Å². The molecular formula is C30H43N3O2. The molecular weight excluding hydrogens is 434 g/mol. The van der Waals surface area contributed by atoms with Gasteiger partial charge in [-0.2, -0.15) is 0 Å². The Kier molecular flexibility index (Phi) is 8.18. The highest BCUT2D eigenvalue weighted by atomic mass is 16.5. The van der Waals surface area contributed by atoms with Gasteiger partial charge in [-0.05, 0) is 88.8 Å². The fourth-order valence-electron chi connectivity index (χ4n) is 6.31. The Morgan fingerprint density at radius 1 is 0.943 bits per heavy atom. The molecule has 0 spiro atoms. The van der Waals surface area contributed by atoms with E-state index in [1.54, 1.807) is 7.11 Å². The van der Waals surface area contributed by atoms with Gasteiger partial charge in [0.2, 0.25) is 6.41 Å². The molecule has 0 aromatic heterocycles. The molecule has 35 heavy (non-hydrogen) atoms. The Hall–Kier alpha value is -2.37. The van der Waals surface area contributed by atoms with E-state index < -0.39 is 0 Å². The number of methoxy groups -OCH3 is 1. The van der Waals surface area contributed by atoms with Crippen LogP contribution in [0.5, 0.6) is 5.75 Å². The van der Waals surface area contributed by atoms with Crippen molar-refractivity contribution in [2.75, 3.05) is 41.3 Å². The van der Waals surface area contributed by atoms with Crippen molar-refractivity contribution in [3.63, 3.8) is 0 Å². The molecule has 190 valence electrons. The summed E-state index contributed by atoms with van der Waals surface area (Å²) in [6, 6.07) is 19.3. The zero-order valence-corrected chi connectivity index (χ0v) is 22.1. The first-order valence-electron chi connectivity index (χ1n) is 13.2. The Labute approximate surface area is 212 Å². The minimum absolute atomic E-state index is 0.0182. The molecule has 0 unspecified atom stereocenters. The first-order chi connectivity index (χ1) is 16.9. The molecule has 4 rings (SSSR count). The summed E-state index contributed by atoms with van der Waals surface area (Å²) in [6.07, 6.45) is 9.10. The molecule has 0 atom stereocenters. The largest absolute Gasteiger partial charge is 0.497 e. The predicted molar refractivity (Wildman–Crippen MR) is 142 cm³/mol. The summed E-state index contributed by atoms with van der Waals surface area (Å²) in [4.78, 5) is 19.6. The molecule has 5 nitrogen and oxygen atoms in total. The Morgan fingerprint density at radius 2 is 1.60 bits per heavy atom. The molecule has 1 amide bonds. The number of carbonyl (C=O) groups is 1. The van der Waals surface area contributed by atoms with Gasteiger partial charge in [0.05, 0.1) is 12.6 Å². The fourth-order valence-corrected chi connectivity index (χ4v) is 6.31. The summed E-state index contributed by atoms with van der Waals surface area (Å²) in [5, 5.41) is 0. The number of hydrogen-bond donors (Lipinski definition) is 0. The zero-order chi connectivity index (χ0) is 24.9. The maximum atomic E-state index is 12.5. The van der Waals surface area contributed by atoms with Gasteiger partial charge in [-0.15, -0.1) is 0 Å². The van der Waals surface area contributed by atoms with Crippen molar-refractivity contribution in [2.45, 2.75) is 62.6 Å². The van der Waals surface area contributed by atoms with Crippen molar-refractivity contribution in [3.8, 4) is 5.75 Å². The van der Waals surface area contributed by atoms with Crippen molar-refractivity contribution in [3.05, 3.63) is 65.7 Å². The second-order valence-electron chi connectivity index (χ2n) is 11.1. The number of hydrogen-bond acceptors (Lipinski definition) is 4. The Balaban J connectivity index is 1.55. The molecule has 0 heterocycles. The van der Waals surface area contributed by atoms with E-state index in [1.165, 1.54) is 30.4 Å². The topological polar surface area (TPSA) is 36.0 Å². The number of ether oxygens (including phenoxy) is 1. The van der Waals surface area contributed by atoms with Crippen molar-refractivity contribution in [2.24, 2.45) is 5.92 Å². The van der Waals surface area contributed by atoms with Gasteiger partial charge in [-0.3, -0.25) is 14.6 Å². The first-order valence-corrected chi connectivity index (χ1v) is 13.2. The van der Waals surface area contributed by atoms with Crippen LogP contribution in [0.25, 0.3) is 0 Å². The molecule has 0 saturated heterocycles. The normalized spacial score (nSPS) is 24.9. The molecule has 2 aromatic rings.